The fourth-order valence-corrected chi connectivity index (χ4v) is 2.06. The molecule has 0 saturated carbocycles. The van der Waals surface area contributed by atoms with Crippen LogP contribution in [0.1, 0.15) is 6.92 Å². The lowest BCUT2D eigenvalue weighted by Gasteiger charge is -2.38. The molecule has 2 rings (SSSR count). The van der Waals surface area contributed by atoms with Gasteiger partial charge in [-0.1, -0.05) is 15.9 Å². The van der Waals surface area contributed by atoms with E-state index >= 15 is 0 Å². The highest BCUT2D eigenvalue weighted by Crippen LogP contribution is 2.19. The number of hydrogen-bond donors (Lipinski definition) is 0. The lowest BCUT2D eigenvalue weighted by molar-refractivity contribution is 0.0376. The van der Waals surface area contributed by atoms with Crippen LogP contribution >= 0.6 is 15.9 Å². The van der Waals surface area contributed by atoms with Gasteiger partial charge in [0.15, 0.2) is 0 Å². The third-order valence-corrected chi connectivity index (χ3v) is 3.24. The molecule has 1 aromatic heterocycles. The van der Waals surface area contributed by atoms with Gasteiger partial charge in [0, 0.05) is 24.3 Å². The lowest BCUT2D eigenvalue weighted by Crippen LogP contribution is -2.49. The molecule has 0 N–H and O–H groups in total. The maximum atomic E-state index is 5.65. The Balaban J connectivity index is 2.13. The van der Waals surface area contributed by atoms with Gasteiger partial charge in [0.05, 0.1) is 24.9 Å². The summed E-state index contributed by atoms with van der Waals surface area (Å²) in [6, 6.07) is 0.358. The fraction of sp³-hybridized carbons (Fsp3) is 0.600. The molecule has 1 aliphatic heterocycles. The number of nitrogens with zero attached hydrogens (tertiary/aromatic N) is 3. The van der Waals surface area contributed by atoms with Crippen LogP contribution in [0.3, 0.4) is 0 Å². The second kappa shape index (κ2) is 4.90. The van der Waals surface area contributed by atoms with Gasteiger partial charge in [-0.05, 0) is 6.92 Å². The van der Waals surface area contributed by atoms with Crippen molar-refractivity contribution in [3.8, 4) is 0 Å². The van der Waals surface area contributed by atoms with Crippen molar-refractivity contribution in [2.75, 3.05) is 23.4 Å². The molecule has 0 aliphatic carbocycles. The van der Waals surface area contributed by atoms with E-state index in [1.165, 1.54) is 0 Å². The molecule has 2 atom stereocenters. The van der Waals surface area contributed by atoms with Crippen LogP contribution < -0.4 is 4.90 Å². The predicted octanol–water partition coefficient (Wildman–Crippen LogP) is 1.47. The summed E-state index contributed by atoms with van der Waals surface area (Å²) in [5.41, 5.74) is 0. The molecule has 0 spiro atoms. The van der Waals surface area contributed by atoms with Gasteiger partial charge in [0.1, 0.15) is 5.82 Å². The van der Waals surface area contributed by atoms with Crippen LogP contribution in [-0.4, -0.2) is 40.6 Å². The maximum Gasteiger partial charge on any atom is 0.147 e. The first-order chi connectivity index (χ1) is 7.31. The van der Waals surface area contributed by atoms with E-state index in [0.717, 1.165) is 24.3 Å². The van der Waals surface area contributed by atoms with Gasteiger partial charge in [-0.15, -0.1) is 0 Å². The Hall–Kier alpha value is -0.680. The van der Waals surface area contributed by atoms with Gasteiger partial charge < -0.3 is 9.64 Å². The Morgan fingerprint density at radius 1 is 1.60 bits per heavy atom. The zero-order valence-corrected chi connectivity index (χ0v) is 10.2. The van der Waals surface area contributed by atoms with E-state index < -0.39 is 0 Å². The average Bonchev–Trinajstić information content (AvgIpc) is 2.31. The Morgan fingerprint density at radius 2 is 2.47 bits per heavy atom. The first kappa shape index (κ1) is 10.8. The highest BCUT2D eigenvalue weighted by atomic mass is 79.9. The highest BCUT2D eigenvalue weighted by Gasteiger charge is 2.26. The molecule has 2 heterocycles. The minimum Gasteiger partial charge on any atom is -0.373 e. The standard InChI is InChI=1S/C10H14BrN3O/c1-8-7-15-9(4-11)6-14(8)10-5-12-2-3-13-10/h2-3,5,8-9H,4,6-7H2,1H3. The molecule has 82 valence electrons. The van der Waals surface area contributed by atoms with E-state index in [1.54, 1.807) is 18.6 Å². The Labute approximate surface area is 97.8 Å². The summed E-state index contributed by atoms with van der Waals surface area (Å²) in [6.07, 6.45) is 5.45. The number of ether oxygens (including phenoxy) is 1. The number of anilines is 1. The Bertz CT molecular complexity index is 309. The van der Waals surface area contributed by atoms with Crippen LogP contribution in [0.4, 0.5) is 5.82 Å². The van der Waals surface area contributed by atoms with Gasteiger partial charge in [-0.3, -0.25) is 4.98 Å². The van der Waals surface area contributed by atoms with Crippen molar-refractivity contribution < 1.29 is 4.74 Å². The van der Waals surface area contributed by atoms with Crippen LogP contribution in [0.5, 0.6) is 0 Å². The topological polar surface area (TPSA) is 38.2 Å². The second-order valence-electron chi connectivity index (χ2n) is 3.67. The minimum atomic E-state index is 0.239. The van der Waals surface area contributed by atoms with E-state index in [4.69, 9.17) is 4.74 Å². The van der Waals surface area contributed by atoms with E-state index in [9.17, 15) is 0 Å². The third kappa shape index (κ3) is 2.46. The van der Waals surface area contributed by atoms with Crippen LogP contribution in [0.25, 0.3) is 0 Å². The molecule has 0 amide bonds. The predicted molar refractivity (Wildman–Crippen MR) is 62.4 cm³/mol. The summed E-state index contributed by atoms with van der Waals surface area (Å²) in [5.74, 6) is 0.930. The molecule has 0 radical (unpaired) electrons. The number of hydrogen-bond acceptors (Lipinski definition) is 4. The largest absolute Gasteiger partial charge is 0.373 e. The third-order valence-electron chi connectivity index (χ3n) is 2.52. The summed E-state index contributed by atoms with van der Waals surface area (Å²) < 4.78 is 5.65. The number of alkyl halides is 1. The normalized spacial score (nSPS) is 26.7. The molecule has 1 aliphatic rings. The molecule has 1 aromatic rings. The van der Waals surface area contributed by atoms with Crippen LogP contribution in [0.2, 0.25) is 0 Å². The van der Waals surface area contributed by atoms with Crippen molar-refractivity contribution in [2.45, 2.75) is 19.1 Å². The number of halogens is 1. The second-order valence-corrected chi connectivity index (χ2v) is 4.32. The number of morpholine rings is 1. The highest BCUT2D eigenvalue weighted by molar-refractivity contribution is 9.09. The number of aromatic nitrogens is 2. The van der Waals surface area contributed by atoms with Gasteiger partial charge in [0.25, 0.3) is 0 Å². The Morgan fingerprint density at radius 3 is 3.13 bits per heavy atom. The molecule has 15 heavy (non-hydrogen) atoms. The van der Waals surface area contributed by atoms with Crippen molar-refractivity contribution in [3.05, 3.63) is 18.6 Å². The van der Waals surface area contributed by atoms with Crippen molar-refractivity contribution >= 4 is 21.7 Å². The monoisotopic (exact) mass is 271 g/mol. The van der Waals surface area contributed by atoms with Crippen LogP contribution in [-0.2, 0) is 4.74 Å². The van der Waals surface area contributed by atoms with Crippen LogP contribution in [0.15, 0.2) is 18.6 Å². The summed E-state index contributed by atoms with van der Waals surface area (Å²) in [6.45, 7) is 3.75. The van der Waals surface area contributed by atoms with E-state index in [0.29, 0.717) is 6.04 Å². The smallest absolute Gasteiger partial charge is 0.147 e. The maximum absolute atomic E-state index is 5.65. The zero-order chi connectivity index (χ0) is 10.7. The van der Waals surface area contributed by atoms with Gasteiger partial charge in [0.2, 0.25) is 0 Å². The first-order valence-corrected chi connectivity index (χ1v) is 6.13. The van der Waals surface area contributed by atoms with Gasteiger partial charge >= 0.3 is 0 Å². The van der Waals surface area contributed by atoms with Gasteiger partial charge in [-0.2, -0.15) is 0 Å². The Kier molecular flexibility index (Phi) is 3.53. The van der Waals surface area contributed by atoms with Crippen molar-refractivity contribution in [1.29, 1.82) is 0 Å². The summed E-state index contributed by atoms with van der Waals surface area (Å²) in [5, 5.41) is 0.858. The van der Waals surface area contributed by atoms with E-state index in [2.05, 4.69) is 37.7 Å². The molecular formula is C10H14BrN3O. The van der Waals surface area contributed by atoms with Gasteiger partial charge in [-0.25, -0.2) is 4.98 Å². The molecule has 1 fully saturated rings. The first-order valence-electron chi connectivity index (χ1n) is 5.01. The average molecular weight is 272 g/mol. The van der Waals surface area contributed by atoms with E-state index in [1.807, 2.05) is 0 Å². The summed E-state index contributed by atoms with van der Waals surface area (Å²) in [7, 11) is 0. The van der Waals surface area contributed by atoms with Crippen molar-refractivity contribution in [3.63, 3.8) is 0 Å². The molecule has 1 saturated heterocycles. The van der Waals surface area contributed by atoms with Crippen molar-refractivity contribution in [1.82, 2.24) is 9.97 Å². The van der Waals surface area contributed by atoms with Crippen molar-refractivity contribution in [2.24, 2.45) is 0 Å². The molecule has 0 aromatic carbocycles. The molecule has 2 unspecified atom stereocenters. The lowest BCUT2D eigenvalue weighted by atomic mass is 10.2. The van der Waals surface area contributed by atoms with Crippen LogP contribution in [0, 0.1) is 0 Å². The summed E-state index contributed by atoms with van der Waals surface area (Å²) in [4.78, 5) is 10.6. The molecular weight excluding hydrogens is 258 g/mol. The minimum absolute atomic E-state index is 0.239. The van der Waals surface area contributed by atoms with E-state index in [-0.39, 0.29) is 6.10 Å². The SMILES string of the molecule is CC1COC(CBr)CN1c1cnccn1. The molecule has 5 heteroatoms. The summed E-state index contributed by atoms with van der Waals surface area (Å²) >= 11 is 3.44. The zero-order valence-electron chi connectivity index (χ0n) is 8.64. The fourth-order valence-electron chi connectivity index (χ4n) is 1.67. The molecule has 4 nitrogen and oxygen atoms in total. The quantitative estimate of drug-likeness (QED) is 0.764. The number of rotatable bonds is 2. The molecule has 0 bridgehead atoms.